The highest BCUT2D eigenvalue weighted by atomic mass is 32.2. The molecule has 0 aliphatic carbocycles. The Hall–Kier alpha value is -3.36. The van der Waals surface area contributed by atoms with E-state index in [-0.39, 0.29) is 40.1 Å². The topological polar surface area (TPSA) is 155 Å². The first-order valence-electron chi connectivity index (χ1n) is 10.2. The third kappa shape index (κ3) is 6.41. The Morgan fingerprint density at radius 2 is 1.83 bits per heavy atom. The van der Waals surface area contributed by atoms with Crippen molar-refractivity contribution in [2.45, 2.75) is 26.0 Å². The van der Waals surface area contributed by atoms with Gasteiger partial charge in [0.1, 0.15) is 15.6 Å². The number of carbonyl (C=O) groups excluding carboxylic acids is 3. The highest BCUT2D eigenvalue weighted by Gasteiger charge is 2.30. The van der Waals surface area contributed by atoms with Gasteiger partial charge in [-0.25, -0.2) is 18.0 Å². The van der Waals surface area contributed by atoms with Crippen molar-refractivity contribution in [1.29, 1.82) is 0 Å². The average molecular weight is 540 g/mol. The lowest BCUT2D eigenvalue weighted by molar-refractivity contribution is -0.113. The van der Waals surface area contributed by atoms with Crippen LogP contribution in [0, 0.1) is 6.92 Å². The normalized spacial score (nSPS) is 11.5. The highest BCUT2D eigenvalue weighted by molar-refractivity contribution is 7.91. The second-order valence-electron chi connectivity index (χ2n) is 6.76. The number of rotatable bonds is 10. The number of amides is 1. The van der Waals surface area contributed by atoms with Gasteiger partial charge in [0.25, 0.3) is 0 Å². The van der Waals surface area contributed by atoms with Crippen LogP contribution in [0.25, 0.3) is 12.2 Å². The summed E-state index contributed by atoms with van der Waals surface area (Å²) >= 11 is 2.25. The van der Waals surface area contributed by atoms with Crippen molar-refractivity contribution in [3.05, 3.63) is 44.3 Å². The van der Waals surface area contributed by atoms with E-state index in [9.17, 15) is 22.8 Å². The Balaban J connectivity index is 1.78. The maximum absolute atomic E-state index is 12.6. The molecule has 35 heavy (non-hydrogen) atoms. The smallest absolute Gasteiger partial charge is 0.348 e. The minimum absolute atomic E-state index is 0.0331. The third-order valence-corrected chi connectivity index (χ3v) is 7.65. The molecule has 0 saturated heterocycles. The zero-order chi connectivity index (χ0) is 25.6. The molecule has 186 valence electrons. The van der Waals surface area contributed by atoms with E-state index < -0.39 is 38.7 Å². The molecule has 0 bridgehead atoms. The van der Waals surface area contributed by atoms with Crippen molar-refractivity contribution in [2.24, 2.45) is 0 Å². The van der Waals surface area contributed by atoms with Gasteiger partial charge >= 0.3 is 17.2 Å². The number of nitrogens with zero attached hydrogens (tertiary/aromatic N) is 2. The molecule has 0 spiro atoms. The van der Waals surface area contributed by atoms with E-state index in [0.717, 1.165) is 16.2 Å². The lowest BCUT2D eigenvalue weighted by atomic mass is 10.1. The third-order valence-electron chi connectivity index (χ3n) is 4.28. The van der Waals surface area contributed by atoms with Crippen molar-refractivity contribution in [3.8, 4) is 0 Å². The number of ether oxygens (including phenoxy) is 2. The Kier molecular flexibility index (Phi) is 8.53. The van der Waals surface area contributed by atoms with Gasteiger partial charge in [-0.1, -0.05) is 11.2 Å². The van der Waals surface area contributed by atoms with Crippen LogP contribution in [0.15, 0.2) is 27.2 Å². The van der Waals surface area contributed by atoms with Crippen molar-refractivity contribution >= 4 is 67.5 Å². The molecule has 0 aliphatic rings. The monoisotopic (exact) mass is 539 g/mol. The molecule has 3 aromatic rings. The Morgan fingerprint density at radius 1 is 1.11 bits per heavy atom. The number of esters is 2. The van der Waals surface area contributed by atoms with E-state index in [2.05, 4.69) is 15.5 Å². The summed E-state index contributed by atoms with van der Waals surface area (Å²) in [5.41, 5.74) is 0.202. The van der Waals surface area contributed by atoms with Crippen molar-refractivity contribution < 1.29 is 36.7 Å². The summed E-state index contributed by atoms with van der Waals surface area (Å²) in [5.74, 6) is -3.50. The summed E-state index contributed by atoms with van der Waals surface area (Å²) < 4.78 is 40.4. The fourth-order valence-corrected chi connectivity index (χ4v) is 5.43. The van der Waals surface area contributed by atoms with E-state index in [0.29, 0.717) is 0 Å². The molecule has 3 heterocycles. The molecule has 14 heteroatoms. The number of carbonyl (C=O) groups is 3. The van der Waals surface area contributed by atoms with Gasteiger partial charge in [0.2, 0.25) is 21.6 Å². The van der Waals surface area contributed by atoms with E-state index in [1.54, 1.807) is 19.9 Å². The van der Waals surface area contributed by atoms with Gasteiger partial charge in [0.05, 0.1) is 18.8 Å². The molecule has 0 atom stereocenters. The van der Waals surface area contributed by atoms with Crippen LogP contribution >= 0.6 is 22.7 Å². The first-order valence-corrected chi connectivity index (χ1v) is 13.6. The maximum atomic E-state index is 12.6. The molecule has 0 aromatic carbocycles. The fraction of sp³-hybridized carbons (Fsp3) is 0.286. The van der Waals surface area contributed by atoms with Gasteiger partial charge in [-0.05, 0) is 43.9 Å². The lowest BCUT2D eigenvalue weighted by Crippen LogP contribution is -2.24. The second kappa shape index (κ2) is 11.4. The molecule has 1 amide bonds. The molecular weight excluding hydrogens is 518 g/mol. The Bertz CT molecular complexity index is 1350. The van der Waals surface area contributed by atoms with Crippen LogP contribution in [-0.2, 0) is 24.1 Å². The number of anilines is 1. The standard InChI is InChI=1S/C21H21N3O8S3/c1-4-30-19(26)16-12(3)17(20(27)31-5-2)34-18(16)22-14(25)11-35(28,29)21-24-23-15(32-21)9-8-13-7-6-10-33-13/h6-10H,4-5,11H2,1-3H3,(H,22,25). The van der Waals surface area contributed by atoms with Crippen molar-refractivity contribution in [1.82, 2.24) is 10.2 Å². The largest absolute Gasteiger partial charge is 0.462 e. The van der Waals surface area contributed by atoms with Gasteiger partial charge in [-0.2, -0.15) is 0 Å². The summed E-state index contributed by atoms with van der Waals surface area (Å²) in [5, 5.41) is 10.7. The number of hydrogen-bond donors (Lipinski definition) is 1. The number of hydrogen-bond acceptors (Lipinski definition) is 12. The van der Waals surface area contributed by atoms with Gasteiger partial charge in [-0.3, -0.25) is 4.79 Å². The van der Waals surface area contributed by atoms with Crippen LogP contribution in [0.1, 0.15) is 50.2 Å². The number of thiophene rings is 2. The van der Waals surface area contributed by atoms with Crippen LogP contribution in [0.3, 0.4) is 0 Å². The van der Waals surface area contributed by atoms with E-state index in [1.807, 2.05) is 17.5 Å². The quantitative estimate of drug-likeness (QED) is 0.379. The first kappa shape index (κ1) is 26.2. The zero-order valence-electron chi connectivity index (χ0n) is 18.9. The molecule has 3 rings (SSSR count). The second-order valence-corrected chi connectivity index (χ2v) is 10.6. The minimum atomic E-state index is -4.29. The summed E-state index contributed by atoms with van der Waals surface area (Å²) in [4.78, 5) is 38.3. The van der Waals surface area contributed by atoms with E-state index in [1.165, 1.54) is 24.3 Å². The van der Waals surface area contributed by atoms with Gasteiger partial charge in [0.15, 0.2) is 0 Å². The fourth-order valence-electron chi connectivity index (χ4n) is 2.79. The molecule has 0 saturated carbocycles. The summed E-state index contributed by atoms with van der Waals surface area (Å²) in [6.07, 6.45) is 3.13. The number of nitrogens with one attached hydrogen (secondary N) is 1. The molecule has 0 unspecified atom stereocenters. The van der Waals surface area contributed by atoms with Gasteiger partial charge in [0, 0.05) is 11.0 Å². The average Bonchev–Trinajstić information content (AvgIpc) is 3.53. The molecule has 3 aromatic heterocycles. The first-order chi connectivity index (χ1) is 16.7. The molecule has 1 N–H and O–H groups in total. The minimum Gasteiger partial charge on any atom is -0.462 e. The van der Waals surface area contributed by atoms with Crippen LogP contribution < -0.4 is 5.32 Å². The maximum Gasteiger partial charge on any atom is 0.348 e. The SMILES string of the molecule is CCOC(=O)c1sc(NC(=O)CS(=O)(=O)c2nnc(C=Cc3cccs3)o2)c(C(=O)OCC)c1C. The van der Waals surface area contributed by atoms with Crippen LogP contribution in [0.5, 0.6) is 0 Å². The van der Waals surface area contributed by atoms with Crippen molar-refractivity contribution in [3.63, 3.8) is 0 Å². The molecule has 11 nitrogen and oxygen atoms in total. The number of aromatic nitrogens is 2. The van der Waals surface area contributed by atoms with Gasteiger partial charge < -0.3 is 19.2 Å². The summed E-state index contributed by atoms with van der Waals surface area (Å²) in [6.45, 7) is 4.90. The Morgan fingerprint density at radius 3 is 2.49 bits per heavy atom. The summed E-state index contributed by atoms with van der Waals surface area (Å²) in [6, 6.07) is 3.70. The van der Waals surface area contributed by atoms with Crippen LogP contribution in [0.2, 0.25) is 0 Å². The van der Waals surface area contributed by atoms with Crippen molar-refractivity contribution in [2.75, 3.05) is 24.3 Å². The highest BCUT2D eigenvalue weighted by Crippen LogP contribution is 2.34. The van der Waals surface area contributed by atoms with Gasteiger partial charge in [-0.15, -0.1) is 27.8 Å². The lowest BCUT2D eigenvalue weighted by Gasteiger charge is -2.06. The predicted octanol–water partition coefficient (Wildman–Crippen LogP) is 3.44. The van der Waals surface area contributed by atoms with Crippen LogP contribution in [0.4, 0.5) is 5.00 Å². The zero-order valence-corrected chi connectivity index (χ0v) is 21.3. The van der Waals surface area contributed by atoms with Crippen LogP contribution in [-0.4, -0.2) is 55.4 Å². The molecule has 0 radical (unpaired) electrons. The molecule has 0 fully saturated rings. The molecule has 0 aliphatic heterocycles. The van der Waals surface area contributed by atoms with E-state index >= 15 is 0 Å². The Labute approximate surface area is 208 Å². The summed E-state index contributed by atoms with van der Waals surface area (Å²) in [7, 11) is -4.29. The number of sulfone groups is 1. The molecular formula is C21H21N3O8S3. The van der Waals surface area contributed by atoms with E-state index in [4.69, 9.17) is 13.9 Å². The predicted molar refractivity (Wildman–Crippen MR) is 129 cm³/mol.